The minimum atomic E-state index is -3.49. The van der Waals surface area contributed by atoms with Crippen molar-refractivity contribution in [3.05, 3.63) is 46.2 Å². The van der Waals surface area contributed by atoms with E-state index in [0.29, 0.717) is 6.54 Å². The van der Waals surface area contributed by atoms with E-state index in [-0.39, 0.29) is 4.90 Å². The molecule has 2 aromatic rings. The van der Waals surface area contributed by atoms with E-state index in [4.69, 9.17) is 0 Å². The number of benzene rings is 1. The van der Waals surface area contributed by atoms with Crippen LogP contribution in [0.4, 0.5) is 0 Å². The number of halogens is 1. The number of nitrogens with zero attached hydrogens (tertiary/aromatic N) is 3. The second-order valence-electron chi connectivity index (χ2n) is 4.63. The summed E-state index contributed by atoms with van der Waals surface area (Å²) in [6.07, 6.45) is 1.84. The first-order valence-electron chi connectivity index (χ1n) is 6.02. The maximum absolute atomic E-state index is 12.4. The van der Waals surface area contributed by atoms with Crippen molar-refractivity contribution in [1.29, 1.82) is 0 Å². The van der Waals surface area contributed by atoms with Gasteiger partial charge in [0, 0.05) is 36.9 Å². The van der Waals surface area contributed by atoms with E-state index in [9.17, 15) is 8.42 Å². The van der Waals surface area contributed by atoms with Gasteiger partial charge in [-0.25, -0.2) is 8.42 Å². The zero-order valence-corrected chi connectivity index (χ0v) is 13.9. The van der Waals surface area contributed by atoms with E-state index < -0.39 is 10.0 Å². The number of rotatable bonds is 4. The summed E-state index contributed by atoms with van der Waals surface area (Å²) in [4.78, 5) is 0.282. The van der Waals surface area contributed by atoms with Crippen LogP contribution in [0.5, 0.6) is 0 Å². The van der Waals surface area contributed by atoms with Crippen LogP contribution in [0.3, 0.4) is 0 Å². The summed E-state index contributed by atoms with van der Waals surface area (Å²) in [5, 5.41) is 4.22. The Morgan fingerprint density at radius 2 is 1.90 bits per heavy atom. The molecule has 0 saturated heterocycles. The molecule has 7 heteroatoms. The number of sulfonamides is 1. The monoisotopic (exact) mass is 357 g/mol. The molecule has 0 N–H and O–H groups in total. The third-order valence-corrected chi connectivity index (χ3v) is 5.38. The number of hydrogen-bond acceptors (Lipinski definition) is 3. The van der Waals surface area contributed by atoms with E-state index >= 15 is 0 Å². The van der Waals surface area contributed by atoms with E-state index in [1.807, 2.05) is 20.2 Å². The Hall–Kier alpha value is -1.18. The Morgan fingerprint density at radius 1 is 1.30 bits per heavy atom. The molecule has 0 saturated carbocycles. The molecule has 0 aliphatic rings. The molecule has 1 aromatic carbocycles. The van der Waals surface area contributed by atoms with Crippen molar-refractivity contribution in [1.82, 2.24) is 14.1 Å². The fraction of sp³-hybridized carbons (Fsp3) is 0.308. The minimum Gasteiger partial charge on any atom is -0.275 e. The van der Waals surface area contributed by atoms with Crippen LogP contribution in [0.15, 0.2) is 39.8 Å². The molecule has 1 aromatic heterocycles. The number of aryl methyl sites for hydroxylation is 2. The summed E-state index contributed by atoms with van der Waals surface area (Å²) >= 11 is 3.30. The topological polar surface area (TPSA) is 55.2 Å². The standard InChI is InChI=1S/C13H16BrN3O2S/c1-10-11(8-16(2)15-10)9-17(3)20(18,19)13-6-4-12(14)5-7-13/h4-8H,9H2,1-3H3. The van der Waals surface area contributed by atoms with Crippen molar-refractivity contribution < 1.29 is 8.42 Å². The van der Waals surface area contributed by atoms with Gasteiger partial charge < -0.3 is 0 Å². The molecule has 0 unspecified atom stereocenters. The van der Waals surface area contributed by atoms with E-state index in [1.165, 1.54) is 4.31 Å². The molecule has 0 radical (unpaired) electrons. The minimum absolute atomic E-state index is 0.282. The van der Waals surface area contributed by atoms with Crippen molar-refractivity contribution in [3.63, 3.8) is 0 Å². The molecule has 108 valence electrons. The van der Waals surface area contributed by atoms with Gasteiger partial charge in [0.1, 0.15) is 0 Å². The average molecular weight is 358 g/mol. The van der Waals surface area contributed by atoms with Crippen molar-refractivity contribution in [2.75, 3.05) is 7.05 Å². The Morgan fingerprint density at radius 3 is 2.40 bits per heavy atom. The Kier molecular flexibility index (Phi) is 4.31. The Bertz CT molecular complexity index is 708. The van der Waals surface area contributed by atoms with Gasteiger partial charge in [0.25, 0.3) is 0 Å². The lowest BCUT2D eigenvalue weighted by Gasteiger charge is -2.16. The van der Waals surface area contributed by atoms with Gasteiger partial charge in [0.05, 0.1) is 10.6 Å². The molecule has 20 heavy (non-hydrogen) atoms. The molecule has 0 bridgehead atoms. The van der Waals surface area contributed by atoms with Crippen LogP contribution in [0.2, 0.25) is 0 Å². The van der Waals surface area contributed by atoms with Gasteiger partial charge in [-0.05, 0) is 31.2 Å². The predicted molar refractivity (Wildman–Crippen MR) is 80.7 cm³/mol. The van der Waals surface area contributed by atoms with E-state index in [2.05, 4.69) is 21.0 Å². The molecule has 0 fully saturated rings. The third kappa shape index (κ3) is 3.11. The third-order valence-electron chi connectivity index (χ3n) is 3.03. The maximum atomic E-state index is 12.4. The van der Waals surface area contributed by atoms with Crippen LogP contribution in [0.1, 0.15) is 11.3 Å². The molecule has 1 heterocycles. The molecule has 0 atom stereocenters. The average Bonchev–Trinajstić information content (AvgIpc) is 2.68. The fourth-order valence-corrected chi connectivity index (χ4v) is 3.33. The summed E-state index contributed by atoms with van der Waals surface area (Å²) in [6, 6.07) is 6.62. The largest absolute Gasteiger partial charge is 0.275 e. The Balaban J connectivity index is 2.25. The lowest BCUT2D eigenvalue weighted by atomic mass is 10.3. The van der Waals surface area contributed by atoms with E-state index in [1.54, 1.807) is 36.0 Å². The summed E-state index contributed by atoms with van der Waals surface area (Å²) in [7, 11) is -0.0936. The summed E-state index contributed by atoms with van der Waals surface area (Å²) < 4.78 is 28.8. The van der Waals surface area contributed by atoms with Gasteiger partial charge in [-0.15, -0.1) is 0 Å². The smallest absolute Gasteiger partial charge is 0.243 e. The highest BCUT2D eigenvalue weighted by atomic mass is 79.9. The number of aromatic nitrogens is 2. The van der Waals surface area contributed by atoms with Crippen LogP contribution in [0, 0.1) is 6.92 Å². The zero-order valence-electron chi connectivity index (χ0n) is 11.5. The summed E-state index contributed by atoms with van der Waals surface area (Å²) in [6.45, 7) is 2.17. The summed E-state index contributed by atoms with van der Waals surface area (Å²) in [5.41, 5.74) is 1.74. The number of hydrogen-bond donors (Lipinski definition) is 0. The highest BCUT2D eigenvalue weighted by Crippen LogP contribution is 2.20. The molecular weight excluding hydrogens is 342 g/mol. The zero-order chi connectivity index (χ0) is 14.9. The first-order valence-corrected chi connectivity index (χ1v) is 8.25. The Labute approximate surface area is 127 Å². The van der Waals surface area contributed by atoms with Gasteiger partial charge in [0.2, 0.25) is 10.0 Å². The highest BCUT2D eigenvalue weighted by molar-refractivity contribution is 9.10. The fourth-order valence-electron chi connectivity index (χ4n) is 1.92. The molecule has 2 rings (SSSR count). The van der Waals surface area contributed by atoms with Gasteiger partial charge in [-0.1, -0.05) is 15.9 Å². The van der Waals surface area contributed by atoms with Crippen LogP contribution >= 0.6 is 15.9 Å². The molecule has 0 spiro atoms. The second kappa shape index (κ2) is 5.67. The first-order chi connectivity index (χ1) is 9.30. The van der Waals surface area contributed by atoms with Crippen molar-refractivity contribution in [2.24, 2.45) is 7.05 Å². The molecule has 0 aliphatic heterocycles. The van der Waals surface area contributed by atoms with Gasteiger partial charge in [0.15, 0.2) is 0 Å². The lowest BCUT2D eigenvalue weighted by Crippen LogP contribution is -2.26. The normalized spacial score (nSPS) is 12.1. The van der Waals surface area contributed by atoms with Crippen molar-refractivity contribution in [3.8, 4) is 0 Å². The molecule has 0 aliphatic carbocycles. The first kappa shape index (κ1) is 15.2. The maximum Gasteiger partial charge on any atom is 0.243 e. The SMILES string of the molecule is Cc1nn(C)cc1CN(C)S(=O)(=O)c1ccc(Br)cc1. The molecule has 0 amide bonds. The lowest BCUT2D eigenvalue weighted by molar-refractivity contribution is 0.466. The molecule has 5 nitrogen and oxygen atoms in total. The van der Waals surface area contributed by atoms with Gasteiger partial charge >= 0.3 is 0 Å². The van der Waals surface area contributed by atoms with Crippen LogP contribution < -0.4 is 0 Å². The van der Waals surface area contributed by atoms with Crippen LogP contribution in [0.25, 0.3) is 0 Å². The second-order valence-corrected chi connectivity index (χ2v) is 7.59. The van der Waals surface area contributed by atoms with Crippen molar-refractivity contribution >= 4 is 26.0 Å². The van der Waals surface area contributed by atoms with Crippen LogP contribution in [-0.2, 0) is 23.6 Å². The van der Waals surface area contributed by atoms with Gasteiger partial charge in [-0.3, -0.25) is 4.68 Å². The predicted octanol–water partition coefficient (Wildman–Crippen LogP) is 2.31. The van der Waals surface area contributed by atoms with Gasteiger partial charge in [-0.2, -0.15) is 9.40 Å². The highest BCUT2D eigenvalue weighted by Gasteiger charge is 2.21. The van der Waals surface area contributed by atoms with Crippen molar-refractivity contribution in [2.45, 2.75) is 18.4 Å². The van der Waals surface area contributed by atoms with E-state index in [0.717, 1.165) is 15.7 Å². The summed E-state index contributed by atoms with van der Waals surface area (Å²) in [5.74, 6) is 0. The quantitative estimate of drug-likeness (QED) is 0.843. The van der Waals surface area contributed by atoms with Crippen LogP contribution in [-0.4, -0.2) is 29.6 Å². The molecular formula is C13H16BrN3O2S.